The molecular formula is C9H17NO3. The summed E-state index contributed by atoms with van der Waals surface area (Å²) in [6.07, 6.45) is 1.71. The van der Waals surface area contributed by atoms with Crippen molar-refractivity contribution in [3.05, 3.63) is 0 Å². The number of carbonyl (C=O) groups excluding carboxylic acids is 1. The number of ether oxygens (including phenoxy) is 1. The van der Waals surface area contributed by atoms with E-state index in [0.29, 0.717) is 13.0 Å². The quantitative estimate of drug-likeness (QED) is 0.598. The van der Waals surface area contributed by atoms with Gasteiger partial charge < -0.3 is 15.6 Å². The van der Waals surface area contributed by atoms with Crippen LogP contribution in [0.4, 0.5) is 0 Å². The molecule has 0 heterocycles. The maximum absolute atomic E-state index is 11.4. The molecule has 0 aromatic rings. The number of hydrogen-bond acceptors (Lipinski definition) is 4. The van der Waals surface area contributed by atoms with Gasteiger partial charge in [0.1, 0.15) is 0 Å². The third kappa shape index (κ3) is 2.42. The average Bonchev–Trinajstić information content (AvgIpc) is 2.04. The van der Waals surface area contributed by atoms with Crippen LogP contribution in [0.3, 0.4) is 0 Å². The summed E-state index contributed by atoms with van der Waals surface area (Å²) in [5, 5.41) is 9.56. The molecule has 3 atom stereocenters. The zero-order valence-electron chi connectivity index (χ0n) is 7.90. The summed E-state index contributed by atoms with van der Waals surface area (Å²) in [7, 11) is 0. The number of hydrogen-bond donors (Lipinski definition) is 2. The van der Waals surface area contributed by atoms with Crippen molar-refractivity contribution < 1.29 is 14.6 Å². The van der Waals surface area contributed by atoms with E-state index >= 15 is 0 Å². The van der Waals surface area contributed by atoms with E-state index in [1.807, 2.05) is 0 Å². The first-order valence-corrected chi connectivity index (χ1v) is 4.77. The van der Waals surface area contributed by atoms with Crippen LogP contribution < -0.4 is 5.73 Å². The monoisotopic (exact) mass is 187 g/mol. The molecule has 13 heavy (non-hydrogen) atoms. The van der Waals surface area contributed by atoms with Gasteiger partial charge in [-0.2, -0.15) is 0 Å². The Kier molecular flexibility index (Phi) is 3.69. The number of nitrogens with two attached hydrogens (primary N) is 1. The van der Waals surface area contributed by atoms with Gasteiger partial charge in [0.15, 0.2) is 0 Å². The molecule has 0 amide bonds. The fraction of sp³-hybridized carbons (Fsp3) is 0.889. The second-order valence-corrected chi connectivity index (χ2v) is 3.44. The molecule has 0 unspecified atom stereocenters. The Bertz CT molecular complexity index is 174. The first kappa shape index (κ1) is 10.5. The molecule has 3 N–H and O–H groups in total. The summed E-state index contributed by atoms with van der Waals surface area (Å²) in [6, 6.07) is -0.247. The van der Waals surface area contributed by atoms with E-state index in [9.17, 15) is 9.90 Å². The molecular weight excluding hydrogens is 170 g/mol. The van der Waals surface area contributed by atoms with E-state index in [-0.39, 0.29) is 12.0 Å². The standard InChI is InChI=1S/C9H17NO3/c1-2-13-9(12)8-6(10)4-3-5-7(8)11/h6-8,11H,2-5,10H2,1H3/t6-,7-,8+/m0/s1. The van der Waals surface area contributed by atoms with E-state index in [1.54, 1.807) is 6.92 Å². The van der Waals surface area contributed by atoms with Crippen molar-refractivity contribution in [1.29, 1.82) is 0 Å². The van der Waals surface area contributed by atoms with Crippen molar-refractivity contribution in [1.82, 2.24) is 0 Å². The lowest BCUT2D eigenvalue weighted by molar-refractivity contribution is -0.154. The third-order valence-corrected chi connectivity index (χ3v) is 2.47. The summed E-state index contributed by atoms with van der Waals surface area (Å²) in [5.41, 5.74) is 5.74. The highest BCUT2D eigenvalue weighted by molar-refractivity contribution is 5.74. The van der Waals surface area contributed by atoms with Gasteiger partial charge >= 0.3 is 5.97 Å². The Morgan fingerprint density at radius 1 is 1.62 bits per heavy atom. The molecule has 1 fully saturated rings. The fourth-order valence-corrected chi connectivity index (χ4v) is 1.78. The van der Waals surface area contributed by atoms with Gasteiger partial charge in [0.05, 0.1) is 18.6 Å². The van der Waals surface area contributed by atoms with Crippen molar-refractivity contribution in [2.75, 3.05) is 6.61 Å². The number of aliphatic hydroxyl groups excluding tert-OH is 1. The van der Waals surface area contributed by atoms with Crippen LogP contribution in [-0.4, -0.2) is 29.8 Å². The molecule has 4 nitrogen and oxygen atoms in total. The van der Waals surface area contributed by atoms with Gasteiger partial charge in [-0.3, -0.25) is 4.79 Å². The van der Waals surface area contributed by atoms with Gasteiger partial charge in [0.25, 0.3) is 0 Å². The Morgan fingerprint density at radius 3 is 2.85 bits per heavy atom. The summed E-state index contributed by atoms with van der Waals surface area (Å²) >= 11 is 0. The van der Waals surface area contributed by atoms with Crippen LogP contribution >= 0.6 is 0 Å². The maximum atomic E-state index is 11.4. The molecule has 1 aliphatic carbocycles. The molecule has 0 spiro atoms. The Labute approximate surface area is 78.1 Å². The summed E-state index contributed by atoms with van der Waals surface area (Å²) < 4.78 is 4.84. The molecule has 0 aliphatic heterocycles. The zero-order chi connectivity index (χ0) is 9.84. The lowest BCUT2D eigenvalue weighted by Crippen LogP contribution is -2.46. The second kappa shape index (κ2) is 4.58. The van der Waals surface area contributed by atoms with Crippen molar-refractivity contribution in [3.63, 3.8) is 0 Å². The van der Waals surface area contributed by atoms with Crippen LogP contribution in [0.2, 0.25) is 0 Å². The van der Waals surface area contributed by atoms with Gasteiger partial charge in [-0.15, -0.1) is 0 Å². The summed E-state index contributed by atoms with van der Waals surface area (Å²) in [4.78, 5) is 11.4. The van der Waals surface area contributed by atoms with Gasteiger partial charge in [0.2, 0.25) is 0 Å². The number of esters is 1. The Hall–Kier alpha value is -0.610. The molecule has 0 bridgehead atoms. The molecule has 1 aliphatic rings. The summed E-state index contributed by atoms with van der Waals surface area (Å²) in [6.45, 7) is 2.09. The van der Waals surface area contributed by atoms with Gasteiger partial charge in [-0.25, -0.2) is 0 Å². The van der Waals surface area contributed by atoms with E-state index in [0.717, 1.165) is 12.8 Å². The second-order valence-electron chi connectivity index (χ2n) is 3.44. The van der Waals surface area contributed by atoms with Crippen LogP contribution in [0.25, 0.3) is 0 Å². The molecule has 0 aromatic carbocycles. The lowest BCUT2D eigenvalue weighted by Gasteiger charge is -2.31. The molecule has 0 saturated heterocycles. The minimum absolute atomic E-state index is 0.247. The van der Waals surface area contributed by atoms with Gasteiger partial charge in [0, 0.05) is 6.04 Å². The Morgan fingerprint density at radius 2 is 2.31 bits per heavy atom. The van der Waals surface area contributed by atoms with Crippen LogP contribution in [0.5, 0.6) is 0 Å². The van der Waals surface area contributed by atoms with Crippen LogP contribution in [-0.2, 0) is 9.53 Å². The highest BCUT2D eigenvalue weighted by Gasteiger charge is 2.36. The molecule has 0 aromatic heterocycles. The minimum Gasteiger partial charge on any atom is -0.466 e. The predicted octanol–water partition coefficient (Wildman–Crippen LogP) is 0.0378. The van der Waals surface area contributed by atoms with Crippen molar-refractivity contribution in [2.24, 2.45) is 11.7 Å². The van der Waals surface area contributed by atoms with Crippen molar-refractivity contribution >= 4 is 5.97 Å². The van der Waals surface area contributed by atoms with E-state index in [1.165, 1.54) is 0 Å². The van der Waals surface area contributed by atoms with E-state index < -0.39 is 12.0 Å². The average molecular weight is 187 g/mol. The third-order valence-electron chi connectivity index (χ3n) is 2.47. The molecule has 1 saturated carbocycles. The number of rotatable bonds is 2. The normalized spacial score (nSPS) is 34.2. The maximum Gasteiger partial charge on any atom is 0.313 e. The minimum atomic E-state index is -0.622. The predicted molar refractivity (Wildman–Crippen MR) is 48.0 cm³/mol. The first-order valence-electron chi connectivity index (χ1n) is 4.77. The molecule has 0 radical (unpaired) electrons. The zero-order valence-corrected chi connectivity index (χ0v) is 7.90. The molecule has 76 valence electrons. The van der Waals surface area contributed by atoms with E-state index in [2.05, 4.69) is 0 Å². The largest absolute Gasteiger partial charge is 0.466 e. The lowest BCUT2D eigenvalue weighted by atomic mass is 9.83. The van der Waals surface area contributed by atoms with Gasteiger partial charge in [-0.1, -0.05) is 0 Å². The Balaban J connectivity index is 2.57. The summed E-state index contributed by atoms with van der Waals surface area (Å²) in [5.74, 6) is -0.879. The van der Waals surface area contributed by atoms with Crippen LogP contribution in [0.15, 0.2) is 0 Å². The van der Waals surface area contributed by atoms with E-state index in [4.69, 9.17) is 10.5 Å². The fourth-order valence-electron chi connectivity index (χ4n) is 1.78. The molecule has 1 rings (SSSR count). The van der Waals surface area contributed by atoms with Crippen LogP contribution in [0.1, 0.15) is 26.2 Å². The van der Waals surface area contributed by atoms with Crippen molar-refractivity contribution in [3.8, 4) is 0 Å². The van der Waals surface area contributed by atoms with Crippen LogP contribution in [0, 0.1) is 5.92 Å². The topological polar surface area (TPSA) is 72.5 Å². The van der Waals surface area contributed by atoms with Crippen molar-refractivity contribution in [2.45, 2.75) is 38.3 Å². The smallest absolute Gasteiger partial charge is 0.313 e. The number of aliphatic hydroxyl groups is 1. The first-order chi connectivity index (χ1) is 6.16. The highest BCUT2D eigenvalue weighted by atomic mass is 16.5. The molecule has 4 heteroatoms. The highest BCUT2D eigenvalue weighted by Crippen LogP contribution is 2.24. The SMILES string of the molecule is CCOC(=O)[C@@H]1[C@@H](N)CCC[C@@H]1O. The van der Waals surface area contributed by atoms with Gasteiger partial charge in [-0.05, 0) is 26.2 Å². The number of carbonyl (C=O) groups is 1.